The Hall–Kier alpha value is -2.37. The number of anilines is 3. The van der Waals surface area contributed by atoms with Gasteiger partial charge in [0.25, 0.3) is 0 Å². The van der Waals surface area contributed by atoms with Crippen LogP contribution in [0.1, 0.15) is 5.82 Å². The molecule has 0 bridgehead atoms. The maximum absolute atomic E-state index is 13.1. The molecule has 0 aliphatic heterocycles. The number of rotatable bonds is 4. The van der Waals surface area contributed by atoms with Gasteiger partial charge >= 0.3 is 0 Å². The molecule has 1 heterocycles. The molecule has 19 heavy (non-hydrogen) atoms. The average Bonchev–Trinajstić information content (AvgIpc) is 2.40. The molecule has 0 fully saturated rings. The zero-order valence-corrected chi connectivity index (χ0v) is 11.0. The van der Waals surface area contributed by atoms with Crippen LogP contribution in [0.5, 0.6) is 5.75 Å². The van der Waals surface area contributed by atoms with Gasteiger partial charge in [-0.15, -0.1) is 0 Å². The number of nitrogens with one attached hydrogen (secondary N) is 2. The zero-order valence-electron chi connectivity index (χ0n) is 11.0. The van der Waals surface area contributed by atoms with Crippen molar-refractivity contribution in [3.63, 3.8) is 0 Å². The number of methoxy groups -OCH3 is 1. The van der Waals surface area contributed by atoms with E-state index in [-0.39, 0.29) is 5.82 Å². The smallest absolute Gasteiger partial charge is 0.145 e. The summed E-state index contributed by atoms with van der Waals surface area (Å²) in [6.45, 7) is 1.80. The standard InChI is InChI=1S/C13H15FN4O/c1-8-16-12(15-2)7-13(17-8)18-10-5-4-9(14)6-11(10)19-3/h4-7H,1-3H3,(H2,15,16,17,18). The van der Waals surface area contributed by atoms with Crippen LogP contribution in [0.25, 0.3) is 0 Å². The van der Waals surface area contributed by atoms with Crippen LogP contribution in [0.15, 0.2) is 24.3 Å². The van der Waals surface area contributed by atoms with Crippen LogP contribution in [0.4, 0.5) is 21.7 Å². The van der Waals surface area contributed by atoms with E-state index < -0.39 is 0 Å². The van der Waals surface area contributed by atoms with Gasteiger partial charge in [-0.3, -0.25) is 0 Å². The molecule has 0 atom stereocenters. The summed E-state index contributed by atoms with van der Waals surface area (Å²) in [5.41, 5.74) is 0.643. The summed E-state index contributed by atoms with van der Waals surface area (Å²) in [5, 5.41) is 6.03. The SMILES string of the molecule is CNc1cc(Nc2ccc(F)cc2OC)nc(C)n1. The van der Waals surface area contributed by atoms with Crippen LogP contribution in [-0.2, 0) is 0 Å². The van der Waals surface area contributed by atoms with Crippen molar-refractivity contribution in [2.75, 3.05) is 24.8 Å². The number of hydrogen-bond acceptors (Lipinski definition) is 5. The molecular weight excluding hydrogens is 247 g/mol. The Balaban J connectivity index is 2.33. The molecule has 0 saturated heterocycles. The van der Waals surface area contributed by atoms with Crippen molar-refractivity contribution in [1.29, 1.82) is 0 Å². The molecule has 2 aromatic rings. The molecule has 0 amide bonds. The summed E-state index contributed by atoms with van der Waals surface area (Å²) in [4.78, 5) is 8.46. The molecule has 0 aliphatic rings. The van der Waals surface area contributed by atoms with E-state index in [1.165, 1.54) is 19.2 Å². The van der Waals surface area contributed by atoms with Crippen LogP contribution >= 0.6 is 0 Å². The van der Waals surface area contributed by atoms with Gasteiger partial charge in [-0.1, -0.05) is 0 Å². The number of ether oxygens (including phenoxy) is 1. The zero-order chi connectivity index (χ0) is 13.8. The van der Waals surface area contributed by atoms with Crippen molar-refractivity contribution in [3.05, 3.63) is 35.9 Å². The normalized spacial score (nSPS) is 10.1. The van der Waals surface area contributed by atoms with Crippen molar-refractivity contribution in [2.45, 2.75) is 6.92 Å². The minimum absolute atomic E-state index is 0.350. The van der Waals surface area contributed by atoms with Crippen molar-refractivity contribution < 1.29 is 9.13 Å². The molecule has 0 unspecified atom stereocenters. The van der Waals surface area contributed by atoms with Crippen LogP contribution in [0.3, 0.4) is 0 Å². The maximum Gasteiger partial charge on any atom is 0.145 e. The average molecular weight is 262 g/mol. The van der Waals surface area contributed by atoms with E-state index in [0.29, 0.717) is 28.9 Å². The molecule has 0 spiro atoms. The summed E-state index contributed by atoms with van der Waals surface area (Å²) < 4.78 is 18.2. The van der Waals surface area contributed by atoms with Gasteiger partial charge in [0, 0.05) is 19.2 Å². The van der Waals surface area contributed by atoms with E-state index in [9.17, 15) is 4.39 Å². The van der Waals surface area contributed by atoms with Gasteiger partial charge in [0.2, 0.25) is 0 Å². The molecule has 1 aromatic heterocycles. The Morgan fingerprint density at radius 2 is 1.89 bits per heavy atom. The highest BCUT2D eigenvalue weighted by atomic mass is 19.1. The minimum atomic E-state index is -0.350. The van der Waals surface area contributed by atoms with E-state index in [1.54, 1.807) is 26.1 Å². The van der Waals surface area contributed by atoms with Gasteiger partial charge in [-0.25, -0.2) is 14.4 Å². The van der Waals surface area contributed by atoms with E-state index in [0.717, 1.165) is 0 Å². The van der Waals surface area contributed by atoms with E-state index in [2.05, 4.69) is 20.6 Å². The number of aryl methyl sites for hydroxylation is 1. The first-order chi connectivity index (χ1) is 9.12. The summed E-state index contributed by atoms with van der Waals surface area (Å²) in [6, 6.07) is 6.04. The third kappa shape index (κ3) is 3.09. The molecule has 6 heteroatoms. The molecule has 0 radical (unpaired) electrons. The van der Waals surface area contributed by atoms with Crippen LogP contribution in [0, 0.1) is 12.7 Å². The first-order valence-electron chi connectivity index (χ1n) is 5.76. The lowest BCUT2D eigenvalue weighted by Crippen LogP contribution is -2.02. The van der Waals surface area contributed by atoms with E-state index >= 15 is 0 Å². The lowest BCUT2D eigenvalue weighted by molar-refractivity contribution is 0.413. The second kappa shape index (κ2) is 5.51. The van der Waals surface area contributed by atoms with Crippen LogP contribution < -0.4 is 15.4 Å². The van der Waals surface area contributed by atoms with Crippen LogP contribution in [0.2, 0.25) is 0 Å². The Kier molecular flexibility index (Phi) is 3.79. The molecule has 1 aromatic carbocycles. The number of benzene rings is 1. The van der Waals surface area contributed by atoms with E-state index in [4.69, 9.17) is 4.74 Å². The number of aromatic nitrogens is 2. The van der Waals surface area contributed by atoms with Gasteiger partial charge in [-0.2, -0.15) is 0 Å². The lowest BCUT2D eigenvalue weighted by Gasteiger charge is -2.11. The number of halogens is 1. The Morgan fingerprint density at radius 3 is 2.58 bits per heavy atom. The molecular formula is C13H15FN4O. The molecule has 0 aliphatic carbocycles. The van der Waals surface area contributed by atoms with Gasteiger partial charge < -0.3 is 15.4 Å². The van der Waals surface area contributed by atoms with E-state index in [1.807, 2.05) is 0 Å². The van der Waals surface area contributed by atoms with Gasteiger partial charge in [0.1, 0.15) is 29.0 Å². The molecule has 2 N–H and O–H groups in total. The highest BCUT2D eigenvalue weighted by Gasteiger charge is 2.07. The first-order valence-corrected chi connectivity index (χ1v) is 5.76. The fraction of sp³-hybridized carbons (Fsp3) is 0.231. The highest BCUT2D eigenvalue weighted by Crippen LogP contribution is 2.28. The van der Waals surface area contributed by atoms with Crippen LogP contribution in [-0.4, -0.2) is 24.1 Å². The third-order valence-corrected chi connectivity index (χ3v) is 2.52. The van der Waals surface area contributed by atoms with Crippen molar-refractivity contribution in [1.82, 2.24) is 9.97 Å². The number of nitrogens with zero attached hydrogens (tertiary/aromatic N) is 2. The molecule has 0 saturated carbocycles. The maximum atomic E-state index is 13.1. The molecule has 5 nitrogen and oxygen atoms in total. The Labute approximate surface area is 110 Å². The summed E-state index contributed by atoms with van der Waals surface area (Å²) in [6.07, 6.45) is 0. The van der Waals surface area contributed by atoms with Gasteiger partial charge in [0.15, 0.2) is 0 Å². The third-order valence-electron chi connectivity index (χ3n) is 2.52. The predicted octanol–water partition coefficient (Wildman–Crippen LogP) is 2.72. The quantitative estimate of drug-likeness (QED) is 0.887. The lowest BCUT2D eigenvalue weighted by atomic mass is 10.3. The Bertz CT molecular complexity index is 589. The number of hydrogen-bond donors (Lipinski definition) is 2. The predicted molar refractivity (Wildman–Crippen MR) is 72.6 cm³/mol. The topological polar surface area (TPSA) is 59.1 Å². The van der Waals surface area contributed by atoms with Crippen molar-refractivity contribution in [3.8, 4) is 5.75 Å². The van der Waals surface area contributed by atoms with Gasteiger partial charge in [-0.05, 0) is 19.1 Å². The minimum Gasteiger partial charge on any atom is -0.494 e. The second-order valence-corrected chi connectivity index (χ2v) is 3.91. The highest BCUT2D eigenvalue weighted by molar-refractivity contribution is 5.65. The van der Waals surface area contributed by atoms with Crippen molar-refractivity contribution >= 4 is 17.3 Å². The summed E-state index contributed by atoms with van der Waals surface area (Å²) in [5.74, 6) is 2.02. The second-order valence-electron chi connectivity index (χ2n) is 3.91. The fourth-order valence-electron chi connectivity index (χ4n) is 1.67. The Morgan fingerprint density at radius 1 is 1.16 bits per heavy atom. The van der Waals surface area contributed by atoms with Crippen molar-refractivity contribution in [2.24, 2.45) is 0 Å². The molecule has 2 rings (SSSR count). The molecule has 100 valence electrons. The first kappa shape index (κ1) is 13.1. The largest absolute Gasteiger partial charge is 0.494 e. The van der Waals surface area contributed by atoms with Gasteiger partial charge in [0.05, 0.1) is 12.8 Å². The summed E-state index contributed by atoms with van der Waals surface area (Å²) in [7, 11) is 3.27. The monoisotopic (exact) mass is 262 g/mol. The summed E-state index contributed by atoms with van der Waals surface area (Å²) >= 11 is 0. The fourth-order valence-corrected chi connectivity index (χ4v) is 1.67.